The molecule has 6 nitrogen and oxygen atoms in total. The molecule has 0 saturated carbocycles. The predicted octanol–water partition coefficient (Wildman–Crippen LogP) is 6.10. The summed E-state index contributed by atoms with van der Waals surface area (Å²) in [6.45, 7) is 0. The number of benzene rings is 4. The van der Waals surface area contributed by atoms with Crippen molar-refractivity contribution < 1.29 is 15.0 Å². The van der Waals surface area contributed by atoms with E-state index in [-0.39, 0.29) is 23.5 Å². The molecule has 5 rings (SSSR count). The summed E-state index contributed by atoms with van der Waals surface area (Å²) >= 11 is 0. The summed E-state index contributed by atoms with van der Waals surface area (Å²) in [5.41, 5.74) is 1.86. The molecule has 1 aromatic heterocycles. The Kier molecular flexibility index (Phi) is 6.47. The number of aryl methyl sites for hydroxylation is 1. The van der Waals surface area contributed by atoms with Gasteiger partial charge in [-0.2, -0.15) is 0 Å². The third-order valence-electron chi connectivity index (χ3n) is 6.61. The quantitative estimate of drug-likeness (QED) is 0.269. The second-order valence-electron chi connectivity index (χ2n) is 8.85. The number of carbonyl (C=O) groups excluding carboxylic acids is 1. The molecule has 4 aromatic carbocycles. The molecule has 2 N–H and O–H groups in total. The van der Waals surface area contributed by atoms with Gasteiger partial charge >= 0.3 is 0 Å². The molecule has 0 saturated heterocycles. The topological polar surface area (TPSA) is 82.8 Å². The van der Waals surface area contributed by atoms with Crippen molar-refractivity contribution in [1.82, 2.24) is 4.57 Å². The summed E-state index contributed by atoms with van der Waals surface area (Å²) < 4.78 is 1.38. The molecule has 0 fully saturated rings. The number of ketones is 1. The number of aromatic nitrogens is 1. The zero-order chi connectivity index (χ0) is 25.9. The number of para-hydroxylation sites is 4. The average molecular weight is 491 g/mol. The summed E-state index contributed by atoms with van der Waals surface area (Å²) in [7, 11) is 1.58. The van der Waals surface area contributed by atoms with Crippen molar-refractivity contribution in [2.45, 2.75) is 12.5 Å². The van der Waals surface area contributed by atoms with Gasteiger partial charge in [-0.1, -0.05) is 66.7 Å². The number of hydrogen-bond donors (Lipinski definition) is 2. The third kappa shape index (κ3) is 4.45. The Morgan fingerprint density at radius 3 is 1.95 bits per heavy atom. The summed E-state index contributed by atoms with van der Waals surface area (Å²) in [5.74, 6) is -0.813. The number of carbonyl (C=O) groups is 1. The van der Waals surface area contributed by atoms with Crippen molar-refractivity contribution in [3.8, 4) is 11.5 Å². The summed E-state index contributed by atoms with van der Waals surface area (Å²) in [6, 6.07) is 32.3. The maximum atomic E-state index is 13.9. The number of nitrogens with zero attached hydrogens (tertiary/aromatic N) is 2. The molecule has 0 unspecified atom stereocenters. The number of phenols is 1. The lowest BCUT2D eigenvalue weighted by molar-refractivity contribution is 0.0969. The molecular formula is C31H26N2O4. The maximum Gasteiger partial charge on any atom is 0.265 e. The highest BCUT2D eigenvalue weighted by Crippen LogP contribution is 2.41. The Balaban J connectivity index is 1.69. The zero-order valence-corrected chi connectivity index (χ0v) is 20.3. The van der Waals surface area contributed by atoms with Crippen molar-refractivity contribution >= 4 is 28.1 Å². The van der Waals surface area contributed by atoms with E-state index in [4.69, 9.17) is 0 Å². The lowest BCUT2D eigenvalue weighted by Gasteiger charge is -2.34. The van der Waals surface area contributed by atoms with Crippen LogP contribution in [-0.4, -0.2) is 20.6 Å². The molecule has 6 heteroatoms. The molecule has 184 valence electrons. The fourth-order valence-corrected chi connectivity index (χ4v) is 4.80. The molecule has 0 aliphatic rings. The van der Waals surface area contributed by atoms with Gasteiger partial charge in [-0.15, -0.1) is 0 Å². The smallest absolute Gasteiger partial charge is 0.265 e. The van der Waals surface area contributed by atoms with Gasteiger partial charge in [0, 0.05) is 35.8 Å². The minimum absolute atomic E-state index is 0.0350. The van der Waals surface area contributed by atoms with Crippen molar-refractivity contribution in [3.63, 3.8) is 0 Å². The standard InChI is InChI=1S/C31H26N2O4/c1-32-25-18-10-8-17-24(25)30(36)29(31(32)37)28(35)20-26(23-16-9-11-19-27(23)34)33(21-12-4-2-5-13-21)22-14-6-3-7-15-22/h2-19,26,34,36H,20H2,1H3/t26-/m1/s1. The van der Waals surface area contributed by atoms with Crippen LogP contribution in [0.1, 0.15) is 28.4 Å². The van der Waals surface area contributed by atoms with Crippen LogP contribution in [0.25, 0.3) is 10.9 Å². The predicted molar refractivity (Wildman–Crippen MR) is 146 cm³/mol. The lowest BCUT2D eigenvalue weighted by atomic mass is 9.94. The molecule has 0 aliphatic carbocycles. The van der Waals surface area contributed by atoms with E-state index >= 15 is 0 Å². The molecule has 37 heavy (non-hydrogen) atoms. The Bertz CT molecular complexity index is 1590. The van der Waals surface area contributed by atoms with Crippen molar-refractivity contribution in [2.24, 2.45) is 7.05 Å². The SMILES string of the molecule is Cn1c(=O)c(C(=O)C[C@H](c2ccccc2O)N(c2ccccc2)c2ccccc2)c(O)c2ccccc21. The van der Waals surface area contributed by atoms with E-state index in [1.807, 2.05) is 65.6 Å². The van der Waals surface area contributed by atoms with Gasteiger partial charge in [0.05, 0.1) is 11.6 Å². The van der Waals surface area contributed by atoms with Gasteiger partial charge in [-0.05, 0) is 42.5 Å². The van der Waals surface area contributed by atoms with Crippen LogP contribution in [0.3, 0.4) is 0 Å². The van der Waals surface area contributed by atoms with E-state index < -0.39 is 17.4 Å². The van der Waals surface area contributed by atoms with E-state index in [0.29, 0.717) is 16.5 Å². The van der Waals surface area contributed by atoms with Crippen LogP contribution in [-0.2, 0) is 7.05 Å². The molecule has 1 atom stereocenters. The van der Waals surface area contributed by atoms with Crippen LogP contribution < -0.4 is 10.5 Å². The number of fused-ring (bicyclic) bond motifs is 1. The number of Topliss-reactive ketones (excluding diaryl/α,β-unsaturated/α-hetero) is 1. The highest BCUT2D eigenvalue weighted by atomic mass is 16.3. The molecule has 5 aromatic rings. The molecule has 0 bridgehead atoms. The molecule has 1 heterocycles. The van der Waals surface area contributed by atoms with Crippen LogP contribution in [0.2, 0.25) is 0 Å². The van der Waals surface area contributed by atoms with Crippen molar-refractivity contribution in [2.75, 3.05) is 4.90 Å². The molecule has 0 amide bonds. The largest absolute Gasteiger partial charge is 0.508 e. The van der Waals surface area contributed by atoms with Gasteiger partial charge in [-0.3, -0.25) is 9.59 Å². The second kappa shape index (κ2) is 10.0. The summed E-state index contributed by atoms with van der Waals surface area (Å²) in [4.78, 5) is 29.1. The van der Waals surface area contributed by atoms with Gasteiger partial charge in [0.2, 0.25) is 0 Å². The maximum absolute atomic E-state index is 13.9. The van der Waals surface area contributed by atoms with E-state index in [0.717, 1.165) is 11.4 Å². The van der Waals surface area contributed by atoms with Crippen molar-refractivity contribution in [1.29, 1.82) is 0 Å². The fraction of sp³-hybridized carbons (Fsp3) is 0.0968. The Morgan fingerprint density at radius 2 is 1.32 bits per heavy atom. The first kappa shape index (κ1) is 23.9. The first-order valence-electron chi connectivity index (χ1n) is 12.0. The number of hydrogen-bond acceptors (Lipinski definition) is 5. The lowest BCUT2D eigenvalue weighted by Crippen LogP contribution is -2.30. The Morgan fingerprint density at radius 1 is 0.784 bits per heavy atom. The first-order valence-corrected chi connectivity index (χ1v) is 12.0. The molecule has 0 spiro atoms. The van der Waals surface area contributed by atoms with E-state index in [1.54, 1.807) is 55.6 Å². The van der Waals surface area contributed by atoms with Gasteiger partial charge in [0.25, 0.3) is 5.56 Å². The summed E-state index contributed by atoms with van der Waals surface area (Å²) in [5, 5.41) is 22.3. The van der Waals surface area contributed by atoms with Crippen LogP contribution >= 0.6 is 0 Å². The summed E-state index contributed by atoms with van der Waals surface area (Å²) in [6.07, 6.45) is -0.164. The second-order valence-corrected chi connectivity index (χ2v) is 8.85. The number of anilines is 2. The van der Waals surface area contributed by atoms with Gasteiger partial charge in [0.15, 0.2) is 5.78 Å². The number of phenolic OH excluding ortho intramolecular Hbond substituents is 1. The number of aromatic hydroxyl groups is 2. The van der Waals surface area contributed by atoms with E-state index in [2.05, 4.69) is 0 Å². The Hall–Kier alpha value is -4.84. The number of pyridine rings is 1. The molecule has 0 radical (unpaired) electrons. The molecule has 0 aliphatic heterocycles. The third-order valence-corrected chi connectivity index (χ3v) is 6.61. The van der Waals surface area contributed by atoms with E-state index in [1.165, 1.54) is 4.57 Å². The van der Waals surface area contributed by atoms with Crippen LogP contribution in [0.5, 0.6) is 11.5 Å². The first-order chi connectivity index (χ1) is 18.0. The molecular weight excluding hydrogens is 464 g/mol. The average Bonchev–Trinajstić information content (AvgIpc) is 2.93. The van der Waals surface area contributed by atoms with E-state index in [9.17, 15) is 19.8 Å². The Labute approximate surface area is 214 Å². The monoisotopic (exact) mass is 490 g/mol. The highest BCUT2D eigenvalue weighted by molar-refractivity contribution is 6.04. The minimum Gasteiger partial charge on any atom is -0.508 e. The van der Waals surface area contributed by atoms with Gasteiger partial charge in [-0.25, -0.2) is 0 Å². The fourth-order valence-electron chi connectivity index (χ4n) is 4.80. The normalized spacial score (nSPS) is 11.8. The van der Waals surface area contributed by atoms with Gasteiger partial charge < -0.3 is 19.7 Å². The van der Waals surface area contributed by atoms with Gasteiger partial charge in [0.1, 0.15) is 17.1 Å². The van der Waals surface area contributed by atoms with Crippen LogP contribution in [0, 0.1) is 0 Å². The van der Waals surface area contributed by atoms with Crippen LogP contribution in [0.15, 0.2) is 114 Å². The van der Waals surface area contributed by atoms with Crippen LogP contribution in [0.4, 0.5) is 11.4 Å². The zero-order valence-electron chi connectivity index (χ0n) is 20.3. The van der Waals surface area contributed by atoms with Crippen molar-refractivity contribution in [3.05, 3.63) is 131 Å². The highest BCUT2D eigenvalue weighted by Gasteiger charge is 2.30. The number of rotatable bonds is 7. The minimum atomic E-state index is -0.672.